The summed E-state index contributed by atoms with van der Waals surface area (Å²) in [4.78, 5) is 71.8. The van der Waals surface area contributed by atoms with Gasteiger partial charge >= 0.3 is 0 Å². The molecule has 3 aromatic rings. The first-order chi connectivity index (χ1) is 30.3. The van der Waals surface area contributed by atoms with Crippen LogP contribution in [0.15, 0.2) is 84.9 Å². The maximum atomic E-state index is 14.0. The van der Waals surface area contributed by atoms with Crippen LogP contribution >= 0.6 is 0 Å². The van der Waals surface area contributed by atoms with Crippen LogP contribution in [0.1, 0.15) is 153 Å². The fourth-order valence-electron chi connectivity index (χ4n) is 9.74. The van der Waals surface area contributed by atoms with E-state index in [0.29, 0.717) is 30.8 Å². The lowest BCUT2D eigenvalue weighted by Crippen LogP contribution is -2.45. The van der Waals surface area contributed by atoms with Crippen molar-refractivity contribution in [1.82, 2.24) is 25.8 Å². The van der Waals surface area contributed by atoms with Gasteiger partial charge in [0.15, 0.2) is 0 Å². The molecule has 4 aliphatic rings. The molecule has 5 amide bonds. The first kappa shape index (κ1) is 45.0. The molecule has 2 saturated heterocycles. The average molecular weight is 844 g/mol. The average Bonchev–Trinajstić information content (AvgIpc) is 4.22. The molecule has 0 radical (unpaired) electrons. The van der Waals surface area contributed by atoms with E-state index < -0.39 is 11.8 Å². The molecule has 0 aromatic heterocycles. The largest absolute Gasteiger partial charge is 0.356 e. The number of likely N-dealkylation sites (tertiary alicyclic amines) is 2. The number of rotatable bonds is 22. The molecule has 3 aromatic carbocycles. The Balaban J connectivity index is 0.875. The van der Waals surface area contributed by atoms with Crippen LogP contribution in [0, 0.1) is 17.8 Å². The van der Waals surface area contributed by atoms with E-state index in [1.54, 1.807) is 34.1 Å². The molecule has 2 aliphatic heterocycles. The summed E-state index contributed by atoms with van der Waals surface area (Å²) in [6, 6.07) is 26.9. The summed E-state index contributed by atoms with van der Waals surface area (Å²) < 4.78 is 0. The zero-order valence-corrected chi connectivity index (χ0v) is 36.9. The molecule has 4 fully saturated rings. The van der Waals surface area contributed by atoms with E-state index in [0.717, 1.165) is 38.5 Å². The van der Waals surface area contributed by atoms with Crippen molar-refractivity contribution in [3.63, 3.8) is 0 Å². The Morgan fingerprint density at radius 3 is 1.47 bits per heavy atom. The Bertz CT molecular complexity index is 1860. The van der Waals surface area contributed by atoms with Crippen molar-refractivity contribution in [3.8, 4) is 0 Å². The molecule has 332 valence electrons. The first-order valence-electron chi connectivity index (χ1n) is 24.0. The highest BCUT2D eigenvalue weighted by Crippen LogP contribution is 2.42. The molecule has 62 heavy (non-hydrogen) atoms. The second kappa shape index (κ2) is 22.4. The summed E-state index contributed by atoms with van der Waals surface area (Å²) in [5, 5.41) is 9.52. The van der Waals surface area contributed by atoms with Crippen LogP contribution in [0.2, 0.25) is 0 Å². The first-order valence-corrected chi connectivity index (χ1v) is 24.0. The molecule has 10 nitrogen and oxygen atoms in total. The fraction of sp³-hybridized carbons (Fsp3) is 0.558. The summed E-state index contributed by atoms with van der Waals surface area (Å²) >= 11 is 0. The van der Waals surface area contributed by atoms with E-state index in [-0.39, 0.29) is 72.5 Å². The van der Waals surface area contributed by atoms with Crippen LogP contribution in [-0.4, -0.2) is 84.1 Å². The van der Waals surface area contributed by atoms with Gasteiger partial charge in [-0.1, -0.05) is 138 Å². The van der Waals surface area contributed by atoms with Crippen molar-refractivity contribution in [2.45, 2.75) is 134 Å². The molecule has 7 atom stereocenters. The van der Waals surface area contributed by atoms with Crippen LogP contribution < -0.4 is 16.0 Å². The van der Waals surface area contributed by atoms with Crippen molar-refractivity contribution in [2.24, 2.45) is 17.8 Å². The van der Waals surface area contributed by atoms with E-state index >= 15 is 0 Å². The molecule has 3 N–H and O–H groups in total. The van der Waals surface area contributed by atoms with Gasteiger partial charge in [-0.05, 0) is 67.5 Å². The van der Waals surface area contributed by atoms with Crippen molar-refractivity contribution in [1.29, 1.82) is 0 Å². The highest BCUT2D eigenvalue weighted by Gasteiger charge is 2.49. The number of unbranched alkanes of at least 4 members (excludes halogenated alkanes) is 11. The molecule has 7 rings (SSSR count). The molecule has 2 heterocycles. The Morgan fingerprint density at radius 2 is 0.984 bits per heavy atom. The SMILES string of the molecule is CCCCCCCCCCCCCCNC(=O)[C@H]1CCCN(C(=O)c2ccc(C(=O)N3C[C@@H](C(=O)N[C@H]4C[C@@H]4c4ccccc4)[C@H](C(=O)N[C@H]4C[C@@H]4c4ccccc4)C3)cc2)C1. The van der Waals surface area contributed by atoms with Crippen molar-refractivity contribution < 1.29 is 24.0 Å². The van der Waals surface area contributed by atoms with Crippen LogP contribution in [0.25, 0.3) is 0 Å². The predicted molar refractivity (Wildman–Crippen MR) is 244 cm³/mol. The number of benzene rings is 3. The van der Waals surface area contributed by atoms with Gasteiger partial charge in [0.1, 0.15) is 0 Å². The minimum absolute atomic E-state index is 0.00275. The molecule has 0 spiro atoms. The Hall–Kier alpha value is -4.99. The Labute approximate surface area is 369 Å². The van der Waals surface area contributed by atoms with E-state index in [1.165, 1.54) is 75.3 Å². The molecule has 2 saturated carbocycles. The van der Waals surface area contributed by atoms with E-state index in [9.17, 15) is 24.0 Å². The number of hydrogen-bond acceptors (Lipinski definition) is 5. The molecular weight excluding hydrogens is 775 g/mol. The maximum absolute atomic E-state index is 14.0. The number of hydrogen-bond donors (Lipinski definition) is 3. The Kier molecular flexibility index (Phi) is 16.3. The molecule has 0 unspecified atom stereocenters. The van der Waals surface area contributed by atoms with Crippen LogP contribution in [0.4, 0.5) is 0 Å². The summed E-state index contributed by atoms with van der Waals surface area (Å²) in [7, 11) is 0. The van der Waals surface area contributed by atoms with Crippen LogP contribution in [0.5, 0.6) is 0 Å². The van der Waals surface area contributed by atoms with Gasteiger partial charge in [-0.3, -0.25) is 24.0 Å². The minimum Gasteiger partial charge on any atom is -0.356 e. The maximum Gasteiger partial charge on any atom is 0.253 e. The third-order valence-corrected chi connectivity index (χ3v) is 13.8. The van der Waals surface area contributed by atoms with Crippen molar-refractivity contribution in [2.75, 3.05) is 32.7 Å². The fourth-order valence-corrected chi connectivity index (χ4v) is 9.74. The third-order valence-electron chi connectivity index (χ3n) is 13.8. The molecule has 2 aliphatic carbocycles. The Morgan fingerprint density at radius 1 is 0.532 bits per heavy atom. The van der Waals surface area contributed by atoms with Crippen molar-refractivity contribution >= 4 is 29.5 Å². The third kappa shape index (κ3) is 12.3. The predicted octanol–water partition coefficient (Wildman–Crippen LogP) is 8.39. The zero-order chi connectivity index (χ0) is 43.3. The quantitative estimate of drug-likeness (QED) is 0.0877. The van der Waals surface area contributed by atoms with Gasteiger partial charge in [-0.15, -0.1) is 0 Å². The second-order valence-corrected chi connectivity index (χ2v) is 18.5. The number of piperidine rings is 1. The van der Waals surface area contributed by atoms with Crippen LogP contribution in [-0.2, 0) is 14.4 Å². The standard InChI is InChI=1S/C52H69N5O5/c1-2-3-4-5-6-7-8-9-10-11-12-19-30-53-48(58)41-25-20-31-56(34-41)51(61)39-26-28-40(29-27-39)52(62)57-35-44(49(59)54-46-32-42(46)37-21-15-13-16-22-37)45(36-57)50(60)55-47-33-43(47)38-23-17-14-18-24-38/h13-18,21-24,26-29,41-47H,2-12,19-20,25,30-36H2,1H3,(H,53,58)(H,54,59)(H,55,60)/t41-,42+,43+,44+,45+,46-,47-/m0/s1. The van der Waals surface area contributed by atoms with Gasteiger partial charge in [0.05, 0.1) is 17.8 Å². The van der Waals surface area contributed by atoms with Gasteiger partial charge in [0, 0.05) is 67.8 Å². The zero-order valence-electron chi connectivity index (χ0n) is 36.9. The number of carbonyl (C=O) groups excluding carboxylic acids is 5. The van der Waals surface area contributed by atoms with Gasteiger partial charge in [0.25, 0.3) is 11.8 Å². The lowest BCUT2D eigenvalue weighted by Gasteiger charge is -2.32. The highest BCUT2D eigenvalue weighted by atomic mass is 16.2. The summed E-state index contributed by atoms with van der Waals surface area (Å²) in [5.74, 6) is -1.90. The second-order valence-electron chi connectivity index (χ2n) is 18.5. The monoisotopic (exact) mass is 844 g/mol. The molecule has 10 heteroatoms. The van der Waals surface area contributed by atoms with Gasteiger partial charge in [-0.2, -0.15) is 0 Å². The van der Waals surface area contributed by atoms with Gasteiger partial charge in [-0.25, -0.2) is 0 Å². The molecule has 0 bridgehead atoms. The highest BCUT2D eigenvalue weighted by molar-refractivity contribution is 5.99. The van der Waals surface area contributed by atoms with Gasteiger partial charge in [0.2, 0.25) is 17.7 Å². The number of nitrogens with zero attached hydrogens (tertiary/aromatic N) is 2. The summed E-state index contributed by atoms with van der Waals surface area (Å²) in [6.45, 7) is 4.17. The van der Waals surface area contributed by atoms with Crippen molar-refractivity contribution in [3.05, 3.63) is 107 Å². The normalized spacial score (nSPS) is 24.0. The minimum atomic E-state index is -0.681. The smallest absolute Gasteiger partial charge is 0.253 e. The molecular formula is C52H69N5O5. The van der Waals surface area contributed by atoms with Crippen LogP contribution in [0.3, 0.4) is 0 Å². The van der Waals surface area contributed by atoms with E-state index in [2.05, 4.69) is 47.1 Å². The lowest BCUT2D eigenvalue weighted by molar-refractivity contribution is -0.133. The van der Waals surface area contributed by atoms with E-state index in [1.807, 2.05) is 36.4 Å². The topological polar surface area (TPSA) is 128 Å². The van der Waals surface area contributed by atoms with E-state index in [4.69, 9.17) is 0 Å². The number of nitrogens with one attached hydrogen (secondary N) is 3. The lowest BCUT2D eigenvalue weighted by atomic mass is 9.94. The van der Waals surface area contributed by atoms with Gasteiger partial charge < -0.3 is 25.8 Å². The number of carbonyl (C=O) groups is 5. The number of amides is 5. The summed E-state index contributed by atoms with van der Waals surface area (Å²) in [5.41, 5.74) is 3.23. The summed E-state index contributed by atoms with van der Waals surface area (Å²) in [6.07, 6.45) is 18.6.